The van der Waals surface area contributed by atoms with Gasteiger partial charge in [-0.25, -0.2) is 9.88 Å². The van der Waals surface area contributed by atoms with Gasteiger partial charge in [0.2, 0.25) is 11.8 Å². The van der Waals surface area contributed by atoms with Crippen LogP contribution in [0.25, 0.3) is 0 Å². The second kappa shape index (κ2) is 3.97. The van der Waals surface area contributed by atoms with Crippen molar-refractivity contribution in [2.45, 2.75) is 20.3 Å². The third-order valence-corrected chi connectivity index (χ3v) is 3.45. The van der Waals surface area contributed by atoms with Crippen LogP contribution in [0.2, 0.25) is 0 Å². The lowest BCUT2D eigenvalue weighted by Gasteiger charge is -2.13. The highest BCUT2D eigenvalue weighted by atomic mass is 79.9. The Morgan fingerprint density at radius 1 is 1.44 bits per heavy atom. The number of halogens is 1. The number of carbonyl (C=O) groups is 2. The van der Waals surface area contributed by atoms with Crippen LogP contribution in [0.3, 0.4) is 0 Å². The first kappa shape index (κ1) is 11.3. The average Bonchev–Trinajstić information content (AvgIpc) is 2.47. The lowest BCUT2D eigenvalue weighted by atomic mass is 10.1. The Labute approximate surface area is 102 Å². The van der Waals surface area contributed by atoms with Gasteiger partial charge in [-0.3, -0.25) is 9.59 Å². The predicted octanol–water partition coefficient (Wildman–Crippen LogP) is 2.05. The van der Waals surface area contributed by atoms with Crippen LogP contribution in [0, 0.1) is 12.8 Å². The van der Waals surface area contributed by atoms with Gasteiger partial charge >= 0.3 is 0 Å². The van der Waals surface area contributed by atoms with Crippen LogP contribution in [0.1, 0.15) is 19.0 Å². The van der Waals surface area contributed by atoms with Crippen molar-refractivity contribution in [1.82, 2.24) is 4.98 Å². The molecular formula is C11H11BrN2O2. The van der Waals surface area contributed by atoms with E-state index in [0.29, 0.717) is 5.82 Å². The Morgan fingerprint density at radius 3 is 2.62 bits per heavy atom. The van der Waals surface area contributed by atoms with Crippen molar-refractivity contribution < 1.29 is 9.59 Å². The fraction of sp³-hybridized carbons (Fsp3) is 0.364. The Bertz CT molecular complexity index is 473. The normalized spacial score (nSPS) is 20.7. The number of rotatable bonds is 1. The summed E-state index contributed by atoms with van der Waals surface area (Å²) in [6, 6.07) is 3.46. The molecule has 1 saturated heterocycles. The quantitative estimate of drug-likeness (QED) is 0.741. The number of hydrogen-bond acceptors (Lipinski definition) is 3. The third kappa shape index (κ3) is 1.75. The molecule has 1 aliphatic rings. The van der Waals surface area contributed by atoms with Crippen LogP contribution >= 0.6 is 15.9 Å². The molecule has 1 aliphatic heterocycles. The summed E-state index contributed by atoms with van der Waals surface area (Å²) in [6.45, 7) is 3.58. The van der Waals surface area contributed by atoms with E-state index in [1.165, 1.54) is 4.90 Å². The first-order valence-electron chi connectivity index (χ1n) is 5.00. The molecule has 2 amide bonds. The van der Waals surface area contributed by atoms with Gasteiger partial charge < -0.3 is 0 Å². The van der Waals surface area contributed by atoms with E-state index in [9.17, 15) is 9.59 Å². The van der Waals surface area contributed by atoms with Gasteiger partial charge in [0.15, 0.2) is 0 Å². The largest absolute Gasteiger partial charge is 0.274 e. The van der Waals surface area contributed by atoms with Crippen LogP contribution in [0.15, 0.2) is 16.6 Å². The van der Waals surface area contributed by atoms with Crippen molar-refractivity contribution >= 4 is 33.6 Å². The van der Waals surface area contributed by atoms with E-state index in [1.54, 1.807) is 19.1 Å². The summed E-state index contributed by atoms with van der Waals surface area (Å²) in [5, 5.41) is 0. The maximum absolute atomic E-state index is 11.8. The maximum Gasteiger partial charge on any atom is 0.238 e. The van der Waals surface area contributed by atoms with Gasteiger partial charge in [0, 0.05) is 16.8 Å². The van der Waals surface area contributed by atoms with E-state index in [1.807, 2.05) is 6.92 Å². The highest BCUT2D eigenvalue weighted by Gasteiger charge is 2.37. The number of hydrogen-bond donors (Lipinski definition) is 0. The third-order valence-electron chi connectivity index (χ3n) is 2.61. The number of pyridine rings is 1. The summed E-state index contributed by atoms with van der Waals surface area (Å²) in [4.78, 5) is 28.8. The Hall–Kier alpha value is -1.23. The smallest absolute Gasteiger partial charge is 0.238 e. The van der Waals surface area contributed by atoms with Gasteiger partial charge in [-0.05, 0) is 35.0 Å². The number of imide groups is 1. The molecule has 2 heterocycles. The summed E-state index contributed by atoms with van der Waals surface area (Å²) in [5.41, 5.74) is 0.762. The Balaban J connectivity index is 2.41. The zero-order valence-corrected chi connectivity index (χ0v) is 10.6. The van der Waals surface area contributed by atoms with Gasteiger partial charge in [0.1, 0.15) is 5.82 Å². The fourth-order valence-corrected chi connectivity index (χ4v) is 1.90. The van der Waals surface area contributed by atoms with Crippen molar-refractivity contribution in [2.75, 3.05) is 4.90 Å². The minimum Gasteiger partial charge on any atom is -0.274 e. The van der Waals surface area contributed by atoms with E-state index in [0.717, 1.165) is 10.2 Å². The molecule has 0 aromatic carbocycles. The summed E-state index contributed by atoms with van der Waals surface area (Å²) >= 11 is 3.33. The van der Waals surface area contributed by atoms with E-state index < -0.39 is 0 Å². The molecule has 0 N–H and O–H groups in total. The van der Waals surface area contributed by atoms with Crippen molar-refractivity contribution in [3.63, 3.8) is 0 Å². The molecule has 0 radical (unpaired) electrons. The zero-order valence-electron chi connectivity index (χ0n) is 9.03. The average molecular weight is 283 g/mol. The van der Waals surface area contributed by atoms with Crippen LogP contribution < -0.4 is 4.90 Å². The maximum atomic E-state index is 11.8. The number of aromatic nitrogens is 1. The van der Waals surface area contributed by atoms with E-state index in [2.05, 4.69) is 20.9 Å². The standard InChI is InChI=1S/C11H11BrN2O2/c1-6-5-10(15)14(11(6)16)9-4-3-8(12)7(2)13-9/h3-4,6H,5H2,1-2H3. The summed E-state index contributed by atoms with van der Waals surface area (Å²) in [6.07, 6.45) is 0.273. The molecule has 4 nitrogen and oxygen atoms in total. The molecule has 0 aliphatic carbocycles. The molecule has 1 fully saturated rings. The molecule has 0 bridgehead atoms. The van der Waals surface area contributed by atoms with Crippen LogP contribution in [-0.4, -0.2) is 16.8 Å². The molecule has 2 rings (SSSR count). The lowest BCUT2D eigenvalue weighted by Crippen LogP contribution is -2.30. The second-order valence-corrected chi connectivity index (χ2v) is 4.76. The molecule has 1 unspecified atom stereocenters. The van der Waals surface area contributed by atoms with Gasteiger partial charge in [0.25, 0.3) is 0 Å². The van der Waals surface area contributed by atoms with E-state index in [-0.39, 0.29) is 24.2 Å². The number of aryl methyl sites for hydroxylation is 1. The number of amides is 2. The Kier molecular flexibility index (Phi) is 2.80. The van der Waals surface area contributed by atoms with Crippen molar-refractivity contribution in [2.24, 2.45) is 5.92 Å². The number of carbonyl (C=O) groups excluding carboxylic acids is 2. The number of anilines is 1. The van der Waals surface area contributed by atoms with Crippen LogP contribution in [0.5, 0.6) is 0 Å². The molecule has 0 saturated carbocycles. The molecule has 5 heteroatoms. The second-order valence-electron chi connectivity index (χ2n) is 3.91. The first-order chi connectivity index (χ1) is 7.50. The molecule has 0 spiro atoms. The van der Waals surface area contributed by atoms with Crippen molar-refractivity contribution in [1.29, 1.82) is 0 Å². The lowest BCUT2D eigenvalue weighted by molar-refractivity contribution is -0.122. The number of nitrogens with zero attached hydrogens (tertiary/aromatic N) is 2. The molecule has 1 atom stereocenters. The Morgan fingerprint density at radius 2 is 2.12 bits per heavy atom. The van der Waals surface area contributed by atoms with Crippen molar-refractivity contribution in [3.8, 4) is 0 Å². The minimum absolute atomic E-state index is 0.167. The van der Waals surface area contributed by atoms with Crippen molar-refractivity contribution in [3.05, 3.63) is 22.3 Å². The molecule has 1 aromatic heterocycles. The fourth-order valence-electron chi connectivity index (χ4n) is 1.68. The topological polar surface area (TPSA) is 50.3 Å². The van der Waals surface area contributed by atoms with Gasteiger partial charge in [0.05, 0.1) is 5.69 Å². The van der Waals surface area contributed by atoms with E-state index in [4.69, 9.17) is 0 Å². The minimum atomic E-state index is -0.238. The summed E-state index contributed by atoms with van der Waals surface area (Å²) < 4.78 is 0.864. The predicted molar refractivity (Wildman–Crippen MR) is 62.9 cm³/mol. The van der Waals surface area contributed by atoms with Crippen LogP contribution in [-0.2, 0) is 9.59 Å². The van der Waals surface area contributed by atoms with Gasteiger partial charge in [-0.1, -0.05) is 6.92 Å². The highest BCUT2D eigenvalue weighted by Crippen LogP contribution is 2.26. The van der Waals surface area contributed by atoms with Crippen LogP contribution in [0.4, 0.5) is 5.82 Å². The molecule has 16 heavy (non-hydrogen) atoms. The molecule has 1 aromatic rings. The van der Waals surface area contributed by atoms with Gasteiger partial charge in [-0.15, -0.1) is 0 Å². The van der Waals surface area contributed by atoms with E-state index >= 15 is 0 Å². The monoisotopic (exact) mass is 282 g/mol. The molecular weight excluding hydrogens is 272 g/mol. The zero-order chi connectivity index (χ0) is 11.9. The molecule has 84 valence electrons. The first-order valence-corrected chi connectivity index (χ1v) is 5.80. The highest BCUT2D eigenvalue weighted by molar-refractivity contribution is 9.10. The van der Waals surface area contributed by atoms with Gasteiger partial charge in [-0.2, -0.15) is 0 Å². The SMILES string of the molecule is Cc1nc(N2C(=O)CC(C)C2=O)ccc1Br. The summed E-state index contributed by atoms with van der Waals surface area (Å²) in [5.74, 6) is -0.163. The summed E-state index contributed by atoms with van der Waals surface area (Å²) in [7, 11) is 0.